The van der Waals surface area contributed by atoms with Crippen LogP contribution in [0.5, 0.6) is 5.75 Å². The Bertz CT molecular complexity index is 598. The molecule has 2 rings (SSSR count). The molecular weight excluding hydrogens is 312 g/mol. The van der Waals surface area contributed by atoms with Crippen LogP contribution in [-0.2, 0) is 9.59 Å². The molecule has 1 aliphatic rings. The molecule has 0 aliphatic carbocycles. The molecule has 1 aromatic carbocycles. The fourth-order valence-electron chi connectivity index (χ4n) is 2.38. The van der Waals surface area contributed by atoms with Crippen molar-refractivity contribution < 1.29 is 14.3 Å². The summed E-state index contributed by atoms with van der Waals surface area (Å²) < 4.78 is 5.10. The molecule has 0 saturated carbocycles. The number of ether oxygens (including phenoxy) is 1. The van der Waals surface area contributed by atoms with Crippen LogP contribution in [0.4, 0.5) is 5.69 Å². The first-order valence-electron chi connectivity index (χ1n) is 7.57. The van der Waals surface area contributed by atoms with Crippen LogP contribution in [0.3, 0.4) is 0 Å². The number of methoxy groups -OCH3 is 1. The van der Waals surface area contributed by atoms with E-state index in [2.05, 4.69) is 5.32 Å². The summed E-state index contributed by atoms with van der Waals surface area (Å²) >= 11 is 1.60. The fraction of sp³-hybridized carbons (Fsp3) is 0.412. The molecule has 1 saturated heterocycles. The molecule has 0 spiro atoms. The van der Waals surface area contributed by atoms with E-state index < -0.39 is 6.04 Å². The second-order valence-electron chi connectivity index (χ2n) is 5.30. The Kier molecular flexibility index (Phi) is 6.10. The van der Waals surface area contributed by atoms with Crippen LogP contribution >= 0.6 is 11.8 Å². The van der Waals surface area contributed by atoms with E-state index >= 15 is 0 Å². The SMILES string of the molecule is CC/C=C(/C)C(=O)N1CSCC1C(=O)Nc1ccc(OC)cc1. The van der Waals surface area contributed by atoms with Crippen molar-refractivity contribution >= 4 is 29.3 Å². The molecule has 0 aromatic heterocycles. The van der Waals surface area contributed by atoms with Gasteiger partial charge in [0, 0.05) is 17.0 Å². The molecule has 0 radical (unpaired) electrons. The molecule has 1 N–H and O–H groups in total. The highest BCUT2D eigenvalue weighted by molar-refractivity contribution is 7.99. The van der Waals surface area contributed by atoms with Crippen LogP contribution in [-0.4, -0.2) is 41.5 Å². The second-order valence-corrected chi connectivity index (χ2v) is 6.30. The van der Waals surface area contributed by atoms with E-state index in [1.807, 2.05) is 13.0 Å². The zero-order valence-corrected chi connectivity index (χ0v) is 14.5. The zero-order chi connectivity index (χ0) is 16.8. The third-order valence-electron chi connectivity index (χ3n) is 3.65. The summed E-state index contributed by atoms with van der Waals surface area (Å²) in [4.78, 5) is 26.6. The van der Waals surface area contributed by atoms with Crippen molar-refractivity contribution in [3.8, 4) is 5.75 Å². The van der Waals surface area contributed by atoms with Gasteiger partial charge in [-0.25, -0.2) is 0 Å². The quantitative estimate of drug-likeness (QED) is 0.841. The third-order valence-corrected chi connectivity index (χ3v) is 4.66. The minimum Gasteiger partial charge on any atom is -0.497 e. The lowest BCUT2D eigenvalue weighted by Gasteiger charge is -2.23. The van der Waals surface area contributed by atoms with Crippen molar-refractivity contribution in [2.45, 2.75) is 26.3 Å². The third kappa shape index (κ3) is 4.28. The molecule has 1 fully saturated rings. The van der Waals surface area contributed by atoms with Gasteiger partial charge in [-0.05, 0) is 37.6 Å². The number of carbonyl (C=O) groups is 2. The predicted molar refractivity (Wildman–Crippen MR) is 93.6 cm³/mol. The molecular formula is C17H22N2O3S. The summed E-state index contributed by atoms with van der Waals surface area (Å²) in [6.07, 6.45) is 2.70. The van der Waals surface area contributed by atoms with Crippen molar-refractivity contribution in [3.05, 3.63) is 35.9 Å². The van der Waals surface area contributed by atoms with Crippen molar-refractivity contribution in [3.63, 3.8) is 0 Å². The molecule has 6 heteroatoms. The zero-order valence-electron chi connectivity index (χ0n) is 13.7. The number of rotatable bonds is 5. The first kappa shape index (κ1) is 17.4. The topological polar surface area (TPSA) is 58.6 Å². The number of nitrogens with one attached hydrogen (secondary N) is 1. The van der Waals surface area contributed by atoms with Crippen LogP contribution in [0.1, 0.15) is 20.3 Å². The van der Waals surface area contributed by atoms with E-state index in [9.17, 15) is 9.59 Å². The number of nitrogens with zero attached hydrogens (tertiary/aromatic N) is 1. The standard InChI is InChI=1S/C17H22N2O3S/c1-4-5-12(2)17(21)19-11-23-10-15(19)16(20)18-13-6-8-14(22-3)9-7-13/h5-9,15H,4,10-11H2,1-3H3,(H,18,20)/b12-5-. The number of hydrogen-bond donors (Lipinski definition) is 1. The van der Waals surface area contributed by atoms with Gasteiger partial charge >= 0.3 is 0 Å². The highest BCUT2D eigenvalue weighted by atomic mass is 32.2. The summed E-state index contributed by atoms with van der Waals surface area (Å²) in [7, 11) is 1.60. The lowest BCUT2D eigenvalue weighted by atomic mass is 10.2. The molecule has 1 atom stereocenters. The Morgan fingerprint density at radius 2 is 2.09 bits per heavy atom. The van der Waals surface area contributed by atoms with Crippen molar-refractivity contribution in [1.82, 2.24) is 4.90 Å². The van der Waals surface area contributed by atoms with E-state index in [0.717, 1.165) is 12.2 Å². The maximum Gasteiger partial charge on any atom is 0.250 e. The number of anilines is 1. The Labute approximate surface area is 141 Å². The smallest absolute Gasteiger partial charge is 0.250 e. The van der Waals surface area contributed by atoms with E-state index in [1.165, 1.54) is 0 Å². The monoisotopic (exact) mass is 334 g/mol. The van der Waals surface area contributed by atoms with Crippen LogP contribution in [0.15, 0.2) is 35.9 Å². The van der Waals surface area contributed by atoms with Crippen LogP contribution in [0, 0.1) is 0 Å². The van der Waals surface area contributed by atoms with Gasteiger partial charge in [0.05, 0.1) is 13.0 Å². The summed E-state index contributed by atoms with van der Waals surface area (Å²) in [6, 6.07) is 6.71. The van der Waals surface area contributed by atoms with Gasteiger partial charge in [-0.1, -0.05) is 13.0 Å². The lowest BCUT2D eigenvalue weighted by molar-refractivity contribution is -0.133. The van der Waals surface area contributed by atoms with Gasteiger partial charge < -0.3 is 15.0 Å². The minimum absolute atomic E-state index is 0.0632. The normalized spacial score (nSPS) is 18.0. The minimum atomic E-state index is -0.435. The first-order chi connectivity index (χ1) is 11.1. The highest BCUT2D eigenvalue weighted by Crippen LogP contribution is 2.24. The summed E-state index contributed by atoms with van der Waals surface area (Å²) in [6.45, 7) is 3.79. The van der Waals surface area contributed by atoms with E-state index in [0.29, 0.717) is 22.9 Å². The summed E-state index contributed by atoms with van der Waals surface area (Å²) in [5, 5.41) is 2.87. The van der Waals surface area contributed by atoms with Gasteiger partial charge in [0.2, 0.25) is 5.91 Å². The number of hydrogen-bond acceptors (Lipinski definition) is 4. The van der Waals surface area contributed by atoms with Crippen LogP contribution in [0.2, 0.25) is 0 Å². The highest BCUT2D eigenvalue weighted by Gasteiger charge is 2.34. The van der Waals surface area contributed by atoms with Crippen molar-refractivity contribution in [2.24, 2.45) is 0 Å². The largest absolute Gasteiger partial charge is 0.497 e. The Hall–Kier alpha value is -1.95. The maximum absolute atomic E-state index is 12.5. The van der Waals surface area contributed by atoms with Gasteiger partial charge in [-0.2, -0.15) is 0 Å². The molecule has 1 aromatic rings. The Morgan fingerprint density at radius 1 is 1.39 bits per heavy atom. The van der Waals surface area contributed by atoms with Crippen LogP contribution in [0.25, 0.3) is 0 Å². The summed E-state index contributed by atoms with van der Waals surface area (Å²) in [5.41, 5.74) is 1.39. The first-order valence-corrected chi connectivity index (χ1v) is 8.72. The predicted octanol–water partition coefficient (Wildman–Crippen LogP) is 2.89. The molecule has 1 aliphatic heterocycles. The molecule has 2 amide bonds. The van der Waals surface area contributed by atoms with Gasteiger partial charge in [-0.15, -0.1) is 11.8 Å². The van der Waals surface area contributed by atoms with Gasteiger partial charge in [0.15, 0.2) is 0 Å². The van der Waals surface area contributed by atoms with Gasteiger partial charge in [0.25, 0.3) is 5.91 Å². The summed E-state index contributed by atoms with van der Waals surface area (Å²) in [5.74, 6) is 1.68. The lowest BCUT2D eigenvalue weighted by Crippen LogP contribution is -2.44. The van der Waals surface area contributed by atoms with E-state index in [4.69, 9.17) is 4.74 Å². The average molecular weight is 334 g/mol. The Morgan fingerprint density at radius 3 is 2.70 bits per heavy atom. The number of amides is 2. The number of thioether (sulfide) groups is 1. The van der Waals surface area contributed by atoms with Crippen molar-refractivity contribution in [1.29, 1.82) is 0 Å². The second kappa shape index (κ2) is 8.06. The molecule has 1 heterocycles. The maximum atomic E-state index is 12.5. The Balaban J connectivity index is 2.05. The number of carbonyl (C=O) groups excluding carboxylic acids is 2. The molecule has 5 nitrogen and oxygen atoms in total. The van der Waals surface area contributed by atoms with Gasteiger partial charge in [0.1, 0.15) is 11.8 Å². The van der Waals surface area contributed by atoms with E-state index in [1.54, 1.807) is 55.0 Å². The molecule has 1 unspecified atom stereocenters. The molecule has 0 bridgehead atoms. The fourth-order valence-corrected chi connectivity index (χ4v) is 3.53. The average Bonchev–Trinajstić information content (AvgIpc) is 3.04. The molecule has 124 valence electrons. The van der Waals surface area contributed by atoms with Crippen LogP contribution < -0.4 is 10.1 Å². The number of allylic oxidation sites excluding steroid dienone is 1. The molecule has 23 heavy (non-hydrogen) atoms. The number of benzene rings is 1. The van der Waals surface area contributed by atoms with Crippen molar-refractivity contribution in [2.75, 3.05) is 24.1 Å². The van der Waals surface area contributed by atoms with Gasteiger partial charge in [-0.3, -0.25) is 9.59 Å². The van der Waals surface area contributed by atoms with E-state index in [-0.39, 0.29) is 11.8 Å².